The number of hydrogen-bond acceptors (Lipinski definition) is 3. The van der Waals surface area contributed by atoms with E-state index in [1.807, 2.05) is 0 Å². The van der Waals surface area contributed by atoms with Gasteiger partial charge in [0.15, 0.2) is 0 Å². The number of halogens is 1. The fraction of sp³-hybridized carbons (Fsp3) is 0.467. The summed E-state index contributed by atoms with van der Waals surface area (Å²) in [6, 6.07) is 5.90. The molecule has 0 spiro atoms. The Balaban J connectivity index is 2.07. The minimum Gasteiger partial charge on any atom is -0.466 e. The summed E-state index contributed by atoms with van der Waals surface area (Å²) in [5, 5.41) is 0. The van der Waals surface area contributed by atoms with Crippen molar-refractivity contribution in [1.82, 2.24) is 4.90 Å². The summed E-state index contributed by atoms with van der Waals surface area (Å²) in [7, 11) is 0. The Morgan fingerprint density at radius 3 is 2.85 bits per heavy atom. The van der Waals surface area contributed by atoms with E-state index in [1.54, 1.807) is 19.1 Å². The van der Waals surface area contributed by atoms with Gasteiger partial charge in [-0.2, -0.15) is 0 Å². The number of piperidine rings is 1. The van der Waals surface area contributed by atoms with E-state index in [9.17, 15) is 14.0 Å². The van der Waals surface area contributed by atoms with Crippen LogP contribution in [0.25, 0.3) is 0 Å². The zero-order valence-electron chi connectivity index (χ0n) is 11.5. The Kier molecular flexibility index (Phi) is 4.71. The van der Waals surface area contributed by atoms with E-state index in [0.29, 0.717) is 26.1 Å². The average molecular weight is 279 g/mol. The molecule has 1 heterocycles. The maximum absolute atomic E-state index is 13.6. The number of carbonyl (C=O) groups is 2. The van der Waals surface area contributed by atoms with Gasteiger partial charge in [-0.1, -0.05) is 12.1 Å². The normalized spacial score (nSPS) is 18.7. The summed E-state index contributed by atoms with van der Waals surface area (Å²) in [5.41, 5.74) is 0.0528. The second-order valence-corrected chi connectivity index (χ2v) is 4.82. The van der Waals surface area contributed by atoms with Crippen LogP contribution in [-0.2, 0) is 9.53 Å². The van der Waals surface area contributed by atoms with Crippen molar-refractivity contribution in [2.24, 2.45) is 5.92 Å². The predicted molar refractivity (Wildman–Crippen MR) is 71.7 cm³/mol. The molecule has 0 N–H and O–H groups in total. The van der Waals surface area contributed by atoms with Crippen molar-refractivity contribution in [3.8, 4) is 0 Å². The molecule has 0 bridgehead atoms. The highest BCUT2D eigenvalue weighted by Gasteiger charge is 2.30. The van der Waals surface area contributed by atoms with Crippen LogP contribution in [0.15, 0.2) is 24.3 Å². The summed E-state index contributed by atoms with van der Waals surface area (Å²) in [4.78, 5) is 25.5. The molecule has 1 aromatic carbocycles. The van der Waals surface area contributed by atoms with Crippen molar-refractivity contribution in [2.45, 2.75) is 19.8 Å². The highest BCUT2D eigenvalue weighted by Crippen LogP contribution is 2.20. The summed E-state index contributed by atoms with van der Waals surface area (Å²) in [6.45, 7) is 2.93. The van der Waals surface area contributed by atoms with Crippen LogP contribution in [0, 0.1) is 11.7 Å². The molecule has 5 heteroatoms. The fourth-order valence-electron chi connectivity index (χ4n) is 2.42. The van der Waals surface area contributed by atoms with Crippen LogP contribution in [0.1, 0.15) is 30.1 Å². The van der Waals surface area contributed by atoms with E-state index < -0.39 is 5.82 Å². The average Bonchev–Trinajstić information content (AvgIpc) is 2.47. The van der Waals surface area contributed by atoms with Gasteiger partial charge in [0.1, 0.15) is 5.82 Å². The smallest absolute Gasteiger partial charge is 0.310 e. The topological polar surface area (TPSA) is 46.6 Å². The first-order chi connectivity index (χ1) is 9.63. The third-order valence-corrected chi connectivity index (χ3v) is 3.43. The molecule has 0 unspecified atom stereocenters. The molecular weight excluding hydrogens is 261 g/mol. The van der Waals surface area contributed by atoms with E-state index in [-0.39, 0.29) is 23.4 Å². The lowest BCUT2D eigenvalue weighted by atomic mass is 9.97. The molecule has 2 rings (SSSR count). The Morgan fingerprint density at radius 2 is 2.15 bits per heavy atom. The number of carbonyl (C=O) groups excluding carboxylic acids is 2. The summed E-state index contributed by atoms with van der Waals surface area (Å²) < 4.78 is 18.6. The molecule has 108 valence electrons. The van der Waals surface area contributed by atoms with Crippen LogP contribution < -0.4 is 0 Å². The van der Waals surface area contributed by atoms with Crippen molar-refractivity contribution >= 4 is 11.9 Å². The van der Waals surface area contributed by atoms with Crippen molar-refractivity contribution in [2.75, 3.05) is 19.7 Å². The zero-order chi connectivity index (χ0) is 14.5. The number of benzene rings is 1. The van der Waals surface area contributed by atoms with Crippen molar-refractivity contribution in [3.63, 3.8) is 0 Å². The van der Waals surface area contributed by atoms with Gasteiger partial charge in [0.05, 0.1) is 18.1 Å². The molecule has 1 atom stereocenters. The lowest BCUT2D eigenvalue weighted by Crippen LogP contribution is -2.43. The lowest BCUT2D eigenvalue weighted by molar-refractivity contribution is -0.149. The number of likely N-dealkylation sites (tertiary alicyclic amines) is 1. The molecule has 4 nitrogen and oxygen atoms in total. The van der Waals surface area contributed by atoms with Crippen molar-refractivity contribution < 1.29 is 18.7 Å². The molecule has 1 fully saturated rings. The van der Waals surface area contributed by atoms with E-state index in [1.165, 1.54) is 17.0 Å². The number of esters is 1. The summed E-state index contributed by atoms with van der Waals surface area (Å²) in [5.74, 6) is -1.48. The third kappa shape index (κ3) is 3.15. The summed E-state index contributed by atoms with van der Waals surface area (Å²) in [6.07, 6.45) is 1.43. The second kappa shape index (κ2) is 6.50. The van der Waals surface area contributed by atoms with Crippen LogP contribution in [-0.4, -0.2) is 36.5 Å². The quantitative estimate of drug-likeness (QED) is 0.797. The van der Waals surface area contributed by atoms with Gasteiger partial charge in [-0.05, 0) is 31.9 Å². The molecule has 1 aromatic rings. The largest absolute Gasteiger partial charge is 0.466 e. The summed E-state index contributed by atoms with van der Waals surface area (Å²) >= 11 is 0. The molecule has 1 amide bonds. The van der Waals surface area contributed by atoms with Gasteiger partial charge in [-0.25, -0.2) is 4.39 Å². The van der Waals surface area contributed by atoms with E-state index in [4.69, 9.17) is 4.74 Å². The molecular formula is C15H18FNO3. The Morgan fingerprint density at radius 1 is 1.40 bits per heavy atom. The number of amides is 1. The van der Waals surface area contributed by atoms with Crippen LogP contribution in [0.4, 0.5) is 4.39 Å². The van der Waals surface area contributed by atoms with Gasteiger partial charge in [0, 0.05) is 13.1 Å². The van der Waals surface area contributed by atoms with E-state index >= 15 is 0 Å². The first-order valence-corrected chi connectivity index (χ1v) is 6.84. The Labute approximate surface area is 117 Å². The number of hydrogen-bond donors (Lipinski definition) is 0. The molecule has 0 radical (unpaired) electrons. The molecule has 1 saturated heterocycles. The first-order valence-electron chi connectivity index (χ1n) is 6.84. The van der Waals surface area contributed by atoms with Gasteiger partial charge in [0.25, 0.3) is 5.91 Å². The predicted octanol–water partition coefficient (Wildman–Crippen LogP) is 2.24. The molecule has 0 aromatic heterocycles. The van der Waals surface area contributed by atoms with E-state index in [2.05, 4.69) is 0 Å². The lowest BCUT2D eigenvalue weighted by Gasteiger charge is -2.31. The Hall–Kier alpha value is -1.91. The number of rotatable bonds is 3. The highest BCUT2D eigenvalue weighted by atomic mass is 19.1. The molecule has 0 aliphatic carbocycles. The maximum Gasteiger partial charge on any atom is 0.310 e. The van der Waals surface area contributed by atoms with Crippen molar-refractivity contribution in [1.29, 1.82) is 0 Å². The van der Waals surface area contributed by atoms with Crippen LogP contribution in [0.2, 0.25) is 0 Å². The van der Waals surface area contributed by atoms with Gasteiger partial charge in [-0.15, -0.1) is 0 Å². The third-order valence-electron chi connectivity index (χ3n) is 3.43. The standard InChI is InChI=1S/C15H18FNO3/c1-2-20-15(19)11-6-5-9-17(10-11)14(18)12-7-3-4-8-13(12)16/h3-4,7-8,11H,2,5-6,9-10H2,1H3/t11-/m0/s1. The minimum atomic E-state index is -0.532. The number of ether oxygens (including phenoxy) is 1. The molecule has 1 aliphatic rings. The van der Waals surface area contributed by atoms with Gasteiger partial charge in [0.2, 0.25) is 0 Å². The SMILES string of the molecule is CCOC(=O)[C@H]1CCCN(C(=O)c2ccccc2F)C1. The molecule has 1 aliphatic heterocycles. The van der Waals surface area contributed by atoms with E-state index in [0.717, 1.165) is 6.42 Å². The highest BCUT2D eigenvalue weighted by molar-refractivity contribution is 5.94. The molecule has 20 heavy (non-hydrogen) atoms. The molecule has 0 saturated carbocycles. The minimum absolute atomic E-state index is 0.0528. The first kappa shape index (κ1) is 14.5. The van der Waals surface area contributed by atoms with Crippen LogP contribution in [0.3, 0.4) is 0 Å². The Bertz CT molecular complexity index is 504. The monoisotopic (exact) mass is 279 g/mol. The fourth-order valence-corrected chi connectivity index (χ4v) is 2.42. The van der Waals surface area contributed by atoms with Crippen LogP contribution >= 0.6 is 0 Å². The maximum atomic E-state index is 13.6. The zero-order valence-corrected chi connectivity index (χ0v) is 11.5. The van der Waals surface area contributed by atoms with Crippen molar-refractivity contribution in [3.05, 3.63) is 35.6 Å². The van der Waals surface area contributed by atoms with Gasteiger partial charge >= 0.3 is 5.97 Å². The van der Waals surface area contributed by atoms with Gasteiger partial charge < -0.3 is 9.64 Å². The van der Waals surface area contributed by atoms with Crippen LogP contribution in [0.5, 0.6) is 0 Å². The van der Waals surface area contributed by atoms with Gasteiger partial charge in [-0.3, -0.25) is 9.59 Å². The second-order valence-electron chi connectivity index (χ2n) is 4.82. The number of nitrogens with zero attached hydrogens (tertiary/aromatic N) is 1.